The molecule has 1 atom stereocenters. The highest BCUT2D eigenvalue weighted by Crippen LogP contribution is 2.15. The number of anilines is 1. The molecule has 0 aliphatic heterocycles. The van der Waals surface area contributed by atoms with Crippen molar-refractivity contribution in [1.82, 2.24) is 9.78 Å². The summed E-state index contributed by atoms with van der Waals surface area (Å²) in [7, 11) is 0. The number of nitrogens with one attached hydrogen (secondary N) is 1. The van der Waals surface area contributed by atoms with Crippen molar-refractivity contribution in [3.05, 3.63) is 42.5 Å². The quantitative estimate of drug-likeness (QED) is 0.891. The fourth-order valence-corrected chi connectivity index (χ4v) is 1.83. The lowest BCUT2D eigenvalue weighted by atomic mass is 10.2. The maximum atomic E-state index is 13.6. The van der Waals surface area contributed by atoms with Crippen LogP contribution < -0.4 is 11.1 Å². The second kappa shape index (κ2) is 7.75. The minimum Gasteiger partial charge on any atom is -0.322 e. The van der Waals surface area contributed by atoms with Gasteiger partial charge in [-0.05, 0) is 18.6 Å². The van der Waals surface area contributed by atoms with Gasteiger partial charge in [0.25, 0.3) is 0 Å². The Balaban J connectivity index is 0.00000220. The molecule has 114 valence electrons. The summed E-state index contributed by atoms with van der Waals surface area (Å²) in [5.41, 5.74) is 6.53. The van der Waals surface area contributed by atoms with Crippen molar-refractivity contribution < 1.29 is 9.18 Å². The maximum absolute atomic E-state index is 13.6. The third-order valence-corrected chi connectivity index (χ3v) is 2.89. The van der Waals surface area contributed by atoms with Crippen LogP contribution in [0.25, 0.3) is 5.69 Å². The Morgan fingerprint density at radius 2 is 2.19 bits per heavy atom. The Bertz CT molecular complexity index is 602. The lowest BCUT2D eigenvalue weighted by molar-refractivity contribution is -0.117. The molecular formula is C14H18ClFN4O. The predicted octanol–water partition coefficient (Wildman–Crippen LogP) is 2.50. The predicted molar refractivity (Wildman–Crippen MR) is 82.3 cm³/mol. The first-order valence-corrected chi connectivity index (χ1v) is 6.48. The van der Waals surface area contributed by atoms with Gasteiger partial charge in [-0.3, -0.25) is 4.79 Å². The molecule has 5 nitrogen and oxygen atoms in total. The van der Waals surface area contributed by atoms with Gasteiger partial charge in [-0.15, -0.1) is 12.4 Å². The van der Waals surface area contributed by atoms with E-state index in [-0.39, 0.29) is 24.1 Å². The molecule has 7 heteroatoms. The number of hydrogen-bond acceptors (Lipinski definition) is 3. The summed E-state index contributed by atoms with van der Waals surface area (Å²) in [5.74, 6) is -0.643. The summed E-state index contributed by atoms with van der Waals surface area (Å²) < 4.78 is 15.0. The summed E-state index contributed by atoms with van der Waals surface area (Å²) in [4.78, 5) is 11.8. The lowest BCUT2D eigenvalue weighted by Crippen LogP contribution is -2.35. The van der Waals surface area contributed by atoms with Crippen LogP contribution >= 0.6 is 12.4 Å². The first kappa shape index (κ1) is 17.1. The molecule has 0 saturated carbocycles. The fraction of sp³-hybridized carbons (Fsp3) is 0.286. The molecule has 0 spiro atoms. The Labute approximate surface area is 128 Å². The molecule has 0 saturated heterocycles. The largest absolute Gasteiger partial charge is 0.322 e. The molecule has 0 radical (unpaired) electrons. The summed E-state index contributed by atoms with van der Waals surface area (Å²) in [6, 6.07) is 5.74. The molecule has 21 heavy (non-hydrogen) atoms. The van der Waals surface area contributed by atoms with Gasteiger partial charge in [0.15, 0.2) is 0 Å². The Kier molecular flexibility index (Phi) is 6.33. The van der Waals surface area contributed by atoms with Crippen LogP contribution in [0.1, 0.15) is 19.8 Å². The zero-order valence-electron chi connectivity index (χ0n) is 11.6. The van der Waals surface area contributed by atoms with E-state index in [0.717, 1.165) is 6.42 Å². The second-order valence-electron chi connectivity index (χ2n) is 4.51. The van der Waals surface area contributed by atoms with E-state index in [2.05, 4.69) is 10.4 Å². The number of carbonyl (C=O) groups excluding carboxylic acids is 1. The van der Waals surface area contributed by atoms with E-state index in [9.17, 15) is 9.18 Å². The standard InChI is InChI=1S/C14H17FN4O.ClH/c1-2-5-12(16)14(20)18-10-8-17-19(9-10)13-7-4-3-6-11(13)15;/h3-4,6-9,12H,2,5,16H2,1H3,(H,18,20);1H. The van der Waals surface area contributed by atoms with Gasteiger partial charge in [0.1, 0.15) is 11.5 Å². The van der Waals surface area contributed by atoms with Crippen molar-refractivity contribution in [1.29, 1.82) is 0 Å². The molecule has 0 bridgehead atoms. The van der Waals surface area contributed by atoms with Gasteiger partial charge >= 0.3 is 0 Å². The minimum absolute atomic E-state index is 0. The Hall–Kier alpha value is -1.92. The number of halogens is 2. The second-order valence-corrected chi connectivity index (χ2v) is 4.51. The number of nitrogens with two attached hydrogens (primary N) is 1. The maximum Gasteiger partial charge on any atom is 0.241 e. The third kappa shape index (κ3) is 4.27. The number of carbonyl (C=O) groups is 1. The molecule has 1 aromatic carbocycles. The molecule has 1 amide bonds. The van der Waals surface area contributed by atoms with Crippen LogP contribution in [-0.2, 0) is 4.79 Å². The molecule has 1 unspecified atom stereocenters. The number of hydrogen-bond donors (Lipinski definition) is 2. The zero-order valence-corrected chi connectivity index (χ0v) is 12.4. The summed E-state index contributed by atoms with van der Waals surface area (Å²) in [5, 5.41) is 6.69. The van der Waals surface area contributed by atoms with E-state index < -0.39 is 6.04 Å². The molecule has 1 aromatic heterocycles. The van der Waals surface area contributed by atoms with Crippen LogP contribution in [0.4, 0.5) is 10.1 Å². The van der Waals surface area contributed by atoms with Crippen molar-refractivity contribution >= 4 is 24.0 Å². The molecule has 2 aromatic rings. The van der Waals surface area contributed by atoms with Crippen molar-refractivity contribution in [2.75, 3.05) is 5.32 Å². The highest BCUT2D eigenvalue weighted by molar-refractivity contribution is 5.94. The first-order valence-electron chi connectivity index (χ1n) is 6.48. The van der Waals surface area contributed by atoms with Gasteiger partial charge in [0, 0.05) is 0 Å². The summed E-state index contributed by atoms with van der Waals surface area (Å²) in [6.07, 6.45) is 4.47. The number of aromatic nitrogens is 2. The van der Waals surface area contributed by atoms with Crippen LogP contribution in [0, 0.1) is 5.82 Å². The number of rotatable bonds is 5. The highest BCUT2D eigenvalue weighted by Gasteiger charge is 2.13. The van der Waals surface area contributed by atoms with E-state index >= 15 is 0 Å². The SMILES string of the molecule is CCCC(N)C(=O)Nc1cnn(-c2ccccc2F)c1.Cl. The summed E-state index contributed by atoms with van der Waals surface area (Å²) in [6.45, 7) is 1.96. The number of para-hydroxylation sites is 1. The number of amides is 1. The topological polar surface area (TPSA) is 72.9 Å². The Morgan fingerprint density at radius 3 is 2.86 bits per heavy atom. The minimum atomic E-state index is -0.545. The van der Waals surface area contributed by atoms with Crippen molar-refractivity contribution in [3.63, 3.8) is 0 Å². The zero-order chi connectivity index (χ0) is 14.5. The van der Waals surface area contributed by atoms with Crippen LogP contribution in [0.3, 0.4) is 0 Å². The van der Waals surface area contributed by atoms with Crippen LogP contribution in [0.5, 0.6) is 0 Å². The number of benzene rings is 1. The lowest BCUT2D eigenvalue weighted by Gasteiger charge is -2.09. The highest BCUT2D eigenvalue weighted by atomic mass is 35.5. The van der Waals surface area contributed by atoms with Gasteiger partial charge in [0.2, 0.25) is 5.91 Å². The normalized spacial score (nSPS) is 11.6. The average Bonchev–Trinajstić information content (AvgIpc) is 2.87. The van der Waals surface area contributed by atoms with Gasteiger partial charge < -0.3 is 11.1 Å². The van der Waals surface area contributed by atoms with Crippen LogP contribution in [-0.4, -0.2) is 21.7 Å². The monoisotopic (exact) mass is 312 g/mol. The van der Waals surface area contributed by atoms with Crippen molar-refractivity contribution in [2.24, 2.45) is 5.73 Å². The fourth-order valence-electron chi connectivity index (χ4n) is 1.83. The average molecular weight is 313 g/mol. The number of nitrogens with zero attached hydrogens (tertiary/aromatic N) is 2. The van der Waals surface area contributed by atoms with E-state index in [1.165, 1.54) is 16.9 Å². The molecular weight excluding hydrogens is 295 g/mol. The van der Waals surface area contributed by atoms with Gasteiger partial charge in [0.05, 0.1) is 24.1 Å². The van der Waals surface area contributed by atoms with E-state index in [1.54, 1.807) is 24.4 Å². The molecule has 0 aliphatic carbocycles. The molecule has 0 fully saturated rings. The van der Waals surface area contributed by atoms with Crippen LogP contribution in [0.15, 0.2) is 36.7 Å². The molecule has 0 aliphatic rings. The van der Waals surface area contributed by atoms with E-state index in [0.29, 0.717) is 17.8 Å². The molecule has 1 heterocycles. The van der Waals surface area contributed by atoms with E-state index in [4.69, 9.17) is 5.73 Å². The smallest absolute Gasteiger partial charge is 0.241 e. The summed E-state index contributed by atoms with van der Waals surface area (Å²) >= 11 is 0. The molecule has 2 rings (SSSR count). The van der Waals surface area contributed by atoms with Gasteiger partial charge in [-0.25, -0.2) is 9.07 Å². The Morgan fingerprint density at radius 1 is 1.48 bits per heavy atom. The van der Waals surface area contributed by atoms with Gasteiger partial charge in [-0.2, -0.15) is 5.10 Å². The van der Waals surface area contributed by atoms with Crippen molar-refractivity contribution in [3.8, 4) is 5.69 Å². The van der Waals surface area contributed by atoms with Crippen LogP contribution in [0.2, 0.25) is 0 Å². The van der Waals surface area contributed by atoms with E-state index in [1.807, 2.05) is 6.92 Å². The third-order valence-electron chi connectivity index (χ3n) is 2.89. The molecule has 3 N–H and O–H groups in total. The van der Waals surface area contributed by atoms with Crippen molar-refractivity contribution in [2.45, 2.75) is 25.8 Å². The first-order chi connectivity index (χ1) is 9.61. The van der Waals surface area contributed by atoms with Gasteiger partial charge in [-0.1, -0.05) is 25.5 Å².